The Bertz CT molecular complexity index is 1570. The van der Waals surface area contributed by atoms with Crippen LogP contribution in [0.15, 0.2) is 77.2 Å². The summed E-state index contributed by atoms with van der Waals surface area (Å²) in [6.45, 7) is 0. The van der Waals surface area contributed by atoms with Crippen molar-refractivity contribution in [2.24, 2.45) is 0 Å². The number of fused-ring (bicyclic) bond motifs is 1. The van der Waals surface area contributed by atoms with Crippen LogP contribution < -0.4 is 5.32 Å². The molecule has 0 aliphatic heterocycles. The Morgan fingerprint density at radius 3 is 2.49 bits per heavy atom. The lowest BCUT2D eigenvalue weighted by Crippen LogP contribution is -2.08. The lowest BCUT2D eigenvalue weighted by molar-refractivity contribution is -0.111. The van der Waals surface area contributed by atoms with Gasteiger partial charge in [-0.1, -0.05) is 58.5 Å². The second kappa shape index (κ2) is 10.1. The van der Waals surface area contributed by atoms with Gasteiger partial charge in [-0.3, -0.25) is 4.79 Å². The van der Waals surface area contributed by atoms with Crippen molar-refractivity contribution in [3.8, 4) is 21.9 Å². The van der Waals surface area contributed by atoms with Gasteiger partial charge in [0, 0.05) is 22.2 Å². The van der Waals surface area contributed by atoms with Crippen molar-refractivity contribution in [2.75, 3.05) is 5.32 Å². The molecule has 0 aliphatic carbocycles. The van der Waals surface area contributed by atoms with Gasteiger partial charge in [0.05, 0.1) is 31.0 Å². The maximum Gasteiger partial charge on any atom is 0.248 e. The van der Waals surface area contributed by atoms with Crippen molar-refractivity contribution in [3.05, 3.63) is 98.7 Å². The number of halogens is 4. The van der Waals surface area contributed by atoms with Crippen molar-refractivity contribution in [1.29, 1.82) is 0 Å². The molecule has 0 bridgehead atoms. The Labute approximate surface area is 224 Å². The molecule has 1 amide bonds. The molecule has 0 atom stereocenters. The van der Waals surface area contributed by atoms with E-state index in [1.165, 1.54) is 17.4 Å². The number of para-hydroxylation sites is 1. The zero-order chi connectivity index (χ0) is 24.5. The van der Waals surface area contributed by atoms with Crippen LogP contribution in [0.2, 0.25) is 20.1 Å². The molecule has 5 aromatic rings. The predicted octanol–water partition coefficient (Wildman–Crippen LogP) is 9.49. The second-order valence-corrected chi connectivity index (χ2v) is 10.1. The second-order valence-electron chi connectivity index (χ2n) is 7.45. The van der Waals surface area contributed by atoms with Crippen LogP contribution in [0.5, 0.6) is 0 Å². The first kappa shape index (κ1) is 23.9. The van der Waals surface area contributed by atoms with Crippen molar-refractivity contribution >= 4 is 85.6 Å². The standard InChI is InChI=1S/C26H14Cl4N2O2S/c27-14-5-8-16(18(28)11-14)23-9-6-15(34-23)7-10-25(33)31-22-12-17(19(29)13-20(22)30)26-32-21-3-1-2-4-24(21)35-26/h1-13H,(H,31,33). The third kappa shape index (κ3) is 5.25. The van der Waals surface area contributed by atoms with Crippen LogP contribution in [0.3, 0.4) is 0 Å². The molecule has 35 heavy (non-hydrogen) atoms. The van der Waals surface area contributed by atoms with E-state index < -0.39 is 0 Å². The van der Waals surface area contributed by atoms with E-state index >= 15 is 0 Å². The van der Waals surface area contributed by atoms with Crippen LogP contribution in [0.1, 0.15) is 5.76 Å². The van der Waals surface area contributed by atoms with Gasteiger partial charge in [-0.25, -0.2) is 4.98 Å². The van der Waals surface area contributed by atoms with E-state index in [1.54, 1.807) is 48.5 Å². The quantitative estimate of drug-likeness (QED) is 0.218. The largest absolute Gasteiger partial charge is 0.457 e. The van der Waals surface area contributed by atoms with E-state index in [0.29, 0.717) is 48.4 Å². The Balaban J connectivity index is 1.34. The maximum absolute atomic E-state index is 12.6. The molecule has 1 N–H and O–H groups in total. The fourth-order valence-electron chi connectivity index (χ4n) is 3.40. The molecule has 5 rings (SSSR count). The normalized spacial score (nSPS) is 11.4. The molecule has 0 unspecified atom stereocenters. The lowest BCUT2D eigenvalue weighted by atomic mass is 10.2. The number of carbonyl (C=O) groups is 1. The molecule has 0 saturated carbocycles. The zero-order valence-corrected chi connectivity index (χ0v) is 21.5. The molecule has 9 heteroatoms. The molecular formula is C26H14Cl4N2O2S. The summed E-state index contributed by atoms with van der Waals surface area (Å²) in [6.07, 6.45) is 2.91. The molecule has 174 valence electrons. The first-order chi connectivity index (χ1) is 16.9. The molecule has 2 heterocycles. The summed E-state index contributed by atoms with van der Waals surface area (Å²) in [7, 11) is 0. The van der Waals surface area contributed by atoms with Gasteiger partial charge in [0.1, 0.15) is 16.5 Å². The Morgan fingerprint density at radius 2 is 1.69 bits per heavy atom. The highest BCUT2D eigenvalue weighted by atomic mass is 35.5. The summed E-state index contributed by atoms with van der Waals surface area (Å²) < 4.78 is 6.83. The van der Waals surface area contributed by atoms with Gasteiger partial charge in [-0.2, -0.15) is 0 Å². The minimum Gasteiger partial charge on any atom is -0.457 e. The number of rotatable bonds is 5. The minimum atomic E-state index is -0.382. The fourth-order valence-corrected chi connectivity index (χ4v) is 5.48. The van der Waals surface area contributed by atoms with Gasteiger partial charge in [-0.05, 0) is 60.7 Å². The van der Waals surface area contributed by atoms with Gasteiger partial charge in [0.25, 0.3) is 0 Å². The number of furan rings is 1. The monoisotopic (exact) mass is 558 g/mol. The van der Waals surface area contributed by atoms with Crippen LogP contribution in [-0.4, -0.2) is 10.9 Å². The topological polar surface area (TPSA) is 55.1 Å². The SMILES string of the molecule is O=C(C=Cc1ccc(-c2ccc(Cl)cc2Cl)o1)Nc1cc(-c2nc3ccccc3s2)c(Cl)cc1Cl. The number of nitrogens with zero attached hydrogens (tertiary/aromatic N) is 1. The fraction of sp³-hybridized carbons (Fsp3) is 0. The highest BCUT2D eigenvalue weighted by Gasteiger charge is 2.15. The summed E-state index contributed by atoms with van der Waals surface area (Å²) in [5.74, 6) is 0.665. The van der Waals surface area contributed by atoms with Crippen molar-refractivity contribution in [3.63, 3.8) is 0 Å². The number of hydrogen-bond acceptors (Lipinski definition) is 4. The molecule has 4 nitrogen and oxygen atoms in total. The highest BCUT2D eigenvalue weighted by Crippen LogP contribution is 2.39. The number of nitrogens with one attached hydrogen (secondary N) is 1. The van der Waals surface area contributed by atoms with Crippen molar-refractivity contribution < 1.29 is 9.21 Å². The van der Waals surface area contributed by atoms with Gasteiger partial charge >= 0.3 is 0 Å². The molecule has 0 aliphatic rings. The van der Waals surface area contributed by atoms with Gasteiger partial charge in [-0.15, -0.1) is 11.3 Å². The van der Waals surface area contributed by atoms with Gasteiger partial charge in [0.2, 0.25) is 5.91 Å². The average molecular weight is 560 g/mol. The molecular weight excluding hydrogens is 546 g/mol. The number of carbonyl (C=O) groups excluding carboxylic acids is 1. The first-order valence-corrected chi connectivity index (χ1v) is 12.6. The maximum atomic E-state index is 12.6. The summed E-state index contributed by atoms with van der Waals surface area (Å²) in [5.41, 5.74) is 2.69. The van der Waals surface area contributed by atoms with Crippen LogP contribution in [0.25, 0.3) is 38.2 Å². The third-order valence-electron chi connectivity index (χ3n) is 5.06. The predicted molar refractivity (Wildman–Crippen MR) is 147 cm³/mol. The molecule has 0 spiro atoms. The van der Waals surface area contributed by atoms with E-state index in [1.807, 2.05) is 24.3 Å². The van der Waals surface area contributed by atoms with Crippen molar-refractivity contribution in [1.82, 2.24) is 4.98 Å². The number of thiazole rings is 1. The van der Waals surface area contributed by atoms with Crippen LogP contribution in [-0.2, 0) is 4.79 Å². The molecule has 3 aromatic carbocycles. The number of aromatic nitrogens is 1. The van der Waals surface area contributed by atoms with E-state index in [-0.39, 0.29) is 5.91 Å². The van der Waals surface area contributed by atoms with Gasteiger partial charge < -0.3 is 9.73 Å². The summed E-state index contributed by atoms with van der Waals surface area (Å²) in [6, 6.07) is 19.8. The van der Waals surface area contributed by atoms with Crippen LogP contribution in [0.4, 0.5) is 5.69 Å². The molecule has 0 saturated heterocycles. The summed E-state index contributed by atoms with van der Waals surface area (Å²) in [4.78, 5) is 17.2. The van der Waals surface area contributed by atoms with E-state index in [2.05, 4.69) is 10.3 Å². The first-order valence-electron chi connectivity index (χ1n) is 10.3. The Morgan fingerprint density at radius 1 is 0.886 bits per heavy atom. The molecule has 0 radical (unpaired) electrons. The number of benzene rings is 3. The van der Waals surface area contributed by atoms with E-state index in [0.717, 1.165) is 15.2 Å². The van der Waals surface area contributed by atoms with Crippen LogP contribution in [0, 0.1) is 0 Å². The lowest BCUT2D eigenvalue weighted by Gasteiger charge is -2.09. The van der Waals surface area contributed by atoms with Crippen molar-refractivity contribution in [2.45, 2.75) is 0 Å². The molecule has 2 aromatic heterocycles. The number of amides is 1. The van der Waals surface area contributed by atoms with Crippen LogP contribution >= 0.6 is 57.7 Å². The average Bonchev–Trinajstić information content (AvgIpc) is 3.46. The number of anilines is 1. The highest BCUT2D eigenvalue weighted by molar-refractivity contribution is 7.21. The van der Waals surface area contributed by atoms with Gasteiger partial charge in [0.15, 0.2) is 0 Å². The molecule has 0 fully saturated rings. The Hall–Kier alpha value is -2.80. The summed E-state index contributed by atoms with van der Waals surface area (Å²) in [5, 5.41) is 5.31. The zero-order valence-electron chi connectivity index (χ0n) is 17.7. The third-order valence-corrected chi connectivity index (χ3v) is 7.30. The Kier molecular flexibility index (Phi) is 6.87. The minimum absolute atomic E-state index is 0.319. The van der Waals surface area contributed by atoms with E-state index in [4.69, 9.17) is 50.8 Å². The smallest absolute Gasteiger partial charge is 0.248 e. The van der Waals surface area contributed by atoms with E-state index in [9.17, 15) is 4.79 Å². The number of hydrogen-bond donors (Lipinski definition) is 1. The summed E-state index contributed by atoms with van der Waals surface area (Å²) >= 11 is 26.5.